The van der Waals surface area contributed by atoms with Crippen molar-refractivity contribution in [2.24, 2.45) is 0 Å². The molecular weight excluding hydrogens is 304 g/mol. The van der Waals surface area contributed by atoms with Crippen molar-refractivity contribution < 1.29 is 19.1 Å². The van der Waals surface area contributed by atoms with Gasteiger partial charge in [-0.15, -0.1) is 0 Å². The van der Waals surface area contributed by atoms with Crippen molar-refractivity contribution in [3.63, 3.8) is 0 Å². The Morgan fingerprint density at radius 3 is 2.00 bits per heavy atom. The fourth-order valence-electron chi connectivity index (χ4n) is 2.02. The van der Waals surface area contributed by atoms with Gasteiger partial charge in [0, 0.05) is 0 Å². The maximum Gasteiger partial charge on any atom is 0.339 e. The van der Waals surface area contributed by atoms with Crippen LogP contribution in [-0.2, 0) is 16.1 Å². The second-order valence-corrected chi connectivity index (χ2v) is 6.11. The fourth-order valence-corrected chi connectivity index (χ4v) is 2.02. The predicted octanol–water partition coefficient (Wildman–Crippen LogP) is 4.39. The van der Waals surface area contributed by atoms with Crippen LogP contribution in [0.2, 0.25) is 0 Å². The summed E-state index contributed by atoms with van der Waals surface area (Å²) in [5.74, 6) is -1.06. The molecule has 0 saturated heterocycles. The van der Waals surface area contributed by atoms with E-state index in [9.17, 15) is 9.59 Å². The van der Waals surface area contributed by atoms with Crippen molar-refractivity contribution in [1.29, 1.82) is 0 Å². The van der Waals surface area contributed by atoms with E-state index in [2.05, 4.69) is 0 Å². The van der Waals surface area contributed by atoms with Gasteiger partial charge in [-0.1, -0.05) is 49.4 Å². The largest absolute Gasteiger partial charge is 0.457 e. The number of ether oxygens (including phenoxy) is 2. The van der Waals surface area contributed by atoms with Gasteiger partial charge in [-0.25, -0.2) is 9.59 Å². The molecule has 0 unspecified atom stereocenters. The van der Waals surface area contributed by atoms with E-state index in [1.165, 1.54) is 0 Å². The molecule has 126 valence electrons. The van der Waals surface area contributed by atoms with Gasteiger partial charge in [0.15, 0.2) is 0 Å². The van der Waals surface area contributed by atoms with Crippen LogP contribution < -0.4 is 0 Å². The molecule has 0 aliphatic carbocycles. The molecule has 0 spiro atoms. The van der Waals surface area contributed by atoms with Gasteiger partial charge in [0.1, 0.15) is 12.2 Å². The number of hydrogen-bond acceptors (Lipinski definition) is 4. The molecule has 4 nitrogen and oxygen atoms in total. The van der Waals surface area contributed by atoms with Crippen LogP contribution in [0, 0.1) is 0 Å². The molecule has 2 aromatic rings. The maximum atomic E-state index is 12.4. The molecule has 0 heterocycles. The highest BCUT2D eigenvalue weighted by molar-refractivity contribution is 6.03. The van der Waals surface area contributed by atoms with Crippen LogP contribution in [0.5, 0.6) is 0 Å². The van der Waals surface area contributed by atoms with Crippen molar-refractivity contribution in [2.45, 2.75) is 39.4 Å². The van der Waals surface area contributed by atoms with E-state index < -0.39 is 17.5 Å². The summed E-state index contributed by atoms with van der Waals surface area (Å²) in [6.07, 6.45) is 0.680. The van der Waals surface area contributed by atoms with Crippen molar-refractivity contribution in [2.75, 3.05) is 0 Å². The second-order valence-electron chi connectivity index (χ2n) is 6.11. The molecule has 0 amide bonds. The van der Waals surface area contributed by atoms with Crippen molar-refractivity contribution in [3.05, 3.63) is 71.3 Å². The van der Waals surface area contributed by atoms with Gasteiger partial charge in [-0.2, -0.15) is 0 Å². The van der Waals surface area contributed by atoms with Crippen LogP contribution in [-0.4, -0.2) is 17.5 Å². The zero-order valence-electron chi connectivity index (χ0n) is 14.2. The number of rotatable bonds is 6. The van der Waals surface area contributed by atoms with E-state index in [1.54, 1.807) is 24.3 Å². The highest BCUT2D eigenvalue weighted by Crippen LogP contribution is 2.19. The van der Waals surface area contributed by atoms with Gasteiger partial charge in [0.25, 0.3) is 0 Å². The molecule has 0 aliphatic rings. The van der Waals surface area contributed by atoms with E-state index in [1.807, 2.05) is 51.1 Å². The summed E-state index contributed by atoms with van der Waals surface area (Å²) < 4.78 is 10.8. The first kappa shape index (κ1) is 17.7. The summed E-state index contributed by atoms with van der Waals surface area (Å²) in [6.45, 7) is 5.76. The van der Waals surface area contributed by atoms with Gasteiger partial charge in [0.05, 0.1) is 11.1 Å². The lowest BCUT2D eigenvalue weighted by molar-refractivity contribution is -0.00288. The van der Waals surface area contributed by atoms with Crippen LogP contribution >= 0.6 is 0 Å². The Hall–Kier alpha value is -2.62. The number of carbonyl (C=O) groups is 2. The first-order valence-corrected chi connectivity index (χ1v) is 7.96. The summed E-state index contributed by atoms with van der Waals surface area (Å²) in [5.41, 5.74) is 0.735. The Kier molecular flexibility index (Phi) is 5.74. The normalized spacial score (nSPS) is 11.0. The van der Waals surface area contributed by atoms with Gasteiger partial charge in [-0.3, -0.25) is 0 Å². The van der Waals surface area contributed by atoms with Crippen LogP contribution in [0.3, 0.4) is 0 Å². The zero-order chi connectivity index (χ0) is 17.6. The van der Waals surface area contributed by atoms with Gasteiger partial charge in [-0.05, 0) is 38.0 Å². The number of esters is 2. The highest BCUT2D eigenvalue weighted by Gasteiger charge is 2.25. The first-order chi connectivity index (χ1) is 11.4. The summed E-state index contributed by atoms with van der Waals surface area (Å²) in [6, 6.07) is 15.9. The smallest absolute Gasteiger partial charge is 0.339 e. The highest BCUT2D eigenvalue weighted by atomic mass is 16.6. The number of benzene rings is 2. The SMILES string of the molecule is CCC(C)(C)OC(=O)c1ccccc1C(=O)OCc1ccccc1. The average molecular weight is 326 g/mol. The molecular formula is C20H22O4. The molecule has 0 saturated carbocycles. The third kappa shape index (κ3) is 4.69. The summed E-state index contributed by atoms with van der Waals surface area (Å²) in [5, 5.41) is 0. The third-order valence-corrected chi connectivity index (χ3v) is 3.80. The minimum absolute atomic E-state index is 0.156. The Morgan fingerprint density at radius 1 is 0.875 bits per heavy atom. The van der Waals surface area contributed by atoms with E-state index in [-0.39, 0.29) is 17.7 Å². The van der Waals surface area contributed by atoms with E-state index in [0.29, 0.717) is 6.42 Å². The lowest BCUT2D eigenvalue weighted by Gasteiger charge is -2.23. The molecule has 0 radical (unpaired) electrons. The molecule has 0 atom stereocenters. The first-order valence-electron chi connectivity index (χ1n) is 7.96. The van der Waals surface area contributed by atoms with E-state index >= 15 is 0 Å². The topological polar surface area (TPSA) is 52.6 Å². The van der Waals surface area contributed by atoms with Crippen LogP contribution in [0.25, 0.3) is 0 Å². The standard InChI is InChI=1S/C20H22O4/c1-4-20(2,3)24-19(22)17-13-9-8-12-16(17)18(21)23-14-15-10-6-5-7-11-15/h5-13H,4,14H2,1-3H3. The molecule has 2 aromatic carbocycles. The predicted molar refractivity (Wildman–Crippen MR) is 91.8 cm³/mol. The molecule has 2 rings (SSSR count). The summed E-state index contributed by atoms with van der Waals surface area (Å²) in [7, 11) is 0. The Bertz CT molecular complexity index is 705. The fraction of sp³-hybridized carbons (Fsp3) is 0.300. The van der Waals surface area contributed by atoms with Gasteiger partial charge >= 0.3 is 11.9 Å². The minimum Gasteiger partial charge on any atom is -0.457 e. The van der Waals surface area contributed by atoms with E-state index in [0.717, 1.165) is 5.56 Å². The van der Waals surface area contributed by atoms with Crippen molar-refractivity contribution >= 4 is 11.9 Å². The van der Waals surface area contributed by atoms with Crippen molar-refractivity contribution in [3.8, 4) is 0 Å². The molecule has 4 heteroatoms. The summed E-state index contributed by atoms with van der Waals surface area (Å²) in [4.78, 5) is 24.7. The molecule has 0 bridgehead atoms. The van der Waals surface area contributed by atoms with Crippen LogP contribution in [0.15, 0.2) is 54.6 Å². The Balaban J connectivity index is 2.13. The third-order valence-electron chi connectivity index (χ3n) is 3.80. The quantitative estimate of drug-likeness (QED) is 0.739. The van der Waals surface area contributed by atoms with Gasteiger partial charge < -0.3 is 9.47 Å². The lowest BCUT2D eigenvalue weighted by atomic mass is 10.1. The van der Waals surface area contributed by atoms with Crippen molar-refractivity contribution in [1.82, 2.24) is 0 Å². The average Bonchev–Trinajstić information content (AvgIpc) is 2.60. The Morgan fingerprint density at radius 2 is 1.42 bits per heavy atom. The molecule has 0 aliphatic heterocycles. The monoisotopic (exact) mass is 326 g/mol. The van der Waals surface area contributed by atoms with Crippen LogP contribution in [0.4, 0.5) is 0 Å². The number of hydrogen-bond donors (Lipinski definition) is 0. The molecule has 0 fully saturated rings. The molecule has 0 N–H and O–H groups in total. The van der Waals surface area contributed by atoms with E-state index in [4.69, 9.17) is 9.47 Å². The minimum atomic E-state index is -0.585. The molecule has 24 heavy (non-hydrogen) atoms. The molecule has 0 aromatic heterocycles. The maximum absolute atomic E-state index is 12.4. The zero-order valence-corrected chi connectivity index (χ0v) is 14.2. The Labute approximate surface area is 142 Å². The second kappa shape index (κ2) is 7.77. The summed E-state index contributed by atoms with van der Waals surface area (Å²) >= 11 is 0. The van der Waals surface area contributed by atoms with Gasteiger partial charge in [0.2, 0.25) is 0 Å². The van der Waals surface area contributed by atoms with Crippen LogP contribution in [0.1, 0.15) is 53.5 Å². The lowest BCUT2D eigenvalue weighted by Crippen LogP contribution is -2.28. The number of carbonyl (C=O) groups excluding carboxylic acids is 2.